The molecular weight excluding hydrogens is 357 g/mol. The molecule has 1 saturated heterocycles. The van der Waals surface area contributed by atoms with Crippen LogP contribution in [0.5, 0.6) is 0 Å². The van der Waals surface area contributed by atoms with Gasteiger partial charge in [0.05, 0.1) is 36.9 Å². The number of hydrogen-bond acceptors (Lipinski definition) is 2. The van der Waals surface area contributed by atoms with E-state index in [1.807, 2.05) is 13.0 Å². The number of carbonyl (C=O) groups is 1. The van der Waals surface area contributed by atoms with Crippen molar-refractivity contribution >= 4 is 40.5 Å². The molecule has 1 fully saturated rings. The third kappa shape index (κ3) is 4.46. The lowest BCUT2D eigenvalue weighted by Gasteiger charge is -2.36. The Bertz CT molecular complexity index is 731. The first-order valence-electron chi connectivity index (χ1n) is 8.45. The van der Waals surface area contributed by atoms with Crippen LogP contribution in [-0.2, 0) is 4.79 Å². The number of rotatable bonds is 4. The number of para-hydroxylation sites is 1. The number of quaternary nitrogens is 1. The standard InChI is InChI=1S/C19H21Cl2N3O/c1-14(19(25)22-18-13-15(20)7-8-17(18)21)23-9-11-24(12-10-23)16-5-3-2-4-6-16/h2-8,13-14H,9-12H2,1H3,(H,22,25)/p+1/t14-/m0/s1. The molecule has 0 spiro atoms. The van der Waals surface area contributed by atoms with E-state index in [-0.39, 0.29) is 11.9 Å². The highest BCUT2D eigenvalue weighted by Gasteiger charge is 2.29. The fraction of sp³-hybridized carbons (Fsp3) is 0.316. The highest BCUT2D eigenvalue weighted by Crippen LogP contribution is 2.25. The molecule has 132 valence electrons. The van der Waals surface area contributed by atoms with Crippen LogP contribution in [0.25, 0.3) is 0 Å². The van der Waals surface area contributed by atoms with Crippen molar-refractivity contribution in [3.8, 4) is 0 Å². The van der Waals surface area contributed by atoms with E-state index in [1.165, 1.54) is 10.6 Å². The zero-order valence-electron chi connectivity index (χ0n) is 14.1. The molecule has 25 heavy (non-hydrogen) atoms. The van der Waals surface area contributed by atoms with Gasteiger partial charge in [0, 0.05) is 10.7 Å². The maximum absolute atomic E-state index is 12.6. The predicted molar refractivity (Wildman–Crippen MR) is 104 cm³/mol. The monoisotopic (exact) mass is 378 g/mol. The van der Waals surface area contributed by atoms with Crippen molar-refractivity contribution in [2.75, 3.05) is 36.4 Å². The first kappa shape index (κ1) is 18.1. The van der Waals surface area contributed by atoms with Crippen LogP contribution in [0.15, 0.2) is 48.5 Å². The van der Waals surface area contributed by atoms with E-state index in [0.717, 1.165) is 26.2 Å². The third-order valence-electron chi connectivity index (χ3n) is 4.72. The molecule has 1 amide bonds. The molecule has 0 bridgehead atoms. The molecule has 6 heteroatoms. The quantitative estimate of drug-likeness (QED) is 0.857. The van der Waals surface area contributed by atoms with Gasteiger partial charge < -0.3 is 15.1 Å². The Morgan fingerprint density at radius 3 is 2.48 bits per heavy atom. The average Bonchev–Trinajstić information content (AvgIpc) is 2.65. The highest BCUT2D eigenvalue weighted by atomic mass is 35.5. The first-order valence-corrected chi connectivity index (χ1v) is 9.20. The molecular formula is C19H22Cl2N3O+. The van der Waals surface area contributed by atoms with E-state index in [4.69, 9.17) is 23.2 Å². The summed E-state index contributed by atoms with van der Waals surface area (Å²) in [5.74, 6) is -0.0349. The molecule has 2 aromatic carbocycles. The van der Waals surface area contributed by atoms with Crippen LogP contribution in [0.3, 0.4) is 0 Å². The molecule has 0 aromatic heterocycles. The summed E-state index contributed by atoms with van der Waals surface area (Å²) in [5, 5.41) is 3.95. The second-order valence-electron chi connectivity index (χ2n) is 6.32. The molecule has 0 saturated carbocycles. The number of benzene rings is 2. The number of hydrogen-bond donors (Lipinski definition) is 2. The van der Waals surface area contributed by atoms with Crippen LogP contribution in [0.1, 0.15) is 6.92 Å². The summed E-state index contributed by atoms with van der Waals surface area (Å²) < 4.78 is 0. The van der Waals surface area contributed by atoms with Crippen molar-refractivity contribution in [3.05, 3.63) is 58.6 Å². The molecule has 0 aliphatic carbocycles. The van der Waals surface area contributed by atoms with Crippen LogP contribution < -0.4 is 15.1 Å². The molecule has 1 aliphatic rings. The number of nitrogens with one attached hydrogen (secondary N) is 2. The third-order valence-corrected chi connectivity index (χ3v) is 5.28. The lowest BCUT2D eigenvalue weighted by atomic mass is 10.2. The van der Waals surface area contributed by atoms with Crippen LogP contribution in [-0.4, -0.2) is 38.1 Å². The van der Waals surface area contributed by atoms with Gasteiger partial charge in [-0.05, 0) is 37.3 Å². The topological polar surface area (TPSA) is 36.8 Å². The minimum atomic E-state index is -0.145. The average molecular weight is 379 g/mol. The smallest absolute Gasteiger partial charge is 0.282 e. The lowest BCUT2D eigenvalue weighted by Crippen LogP contribution is -3.19. The Labute approximate surface area is 158 Å². The molecule has 1 aliphatic heterocycles. The van der Waals surface area contributed by atoms with Crippen molar-refractivity contribution in [1.29, 1.82) is 0 Å². The van der Waals surface area contributed by atoms with Crippen LogP contribution in [0, 0.1) is 0 Å². The maximum Gasteiger partial charge on any atom is 0.282 e. The Kier molecular flexibility index (Phi) is 5.84. The van der Waals surface area contributed by atoms with Crippen molar-refractivity contribution < 1.29 is 9.69 Å². The van der Waals surface area contributed by atoms with Crippen LogP contribution >= 0.6 is 23.2 Å². The lowest BCUT2D eigenvalue weighted by molar-refractivity contribution is -0.914. The van der Waals surface area contributed by atoms with Gasteiger partial charge in [-0.2, -0.15) is 0 Å². The summed E-state index contributed by atoms with van der Waals surface area (Å²) in [6.07, 6.45) is 0. The zero-order chi connectivity index (χ0) is 17.8. The maximum atomic E-state index is 12.6. The van der Waals surface area contributed by atoms with Gasteiger partial charge >= 0.3 is 0 Å². The summed E-state index contributed by atoms with van der Waals surface area (Å²) >= 11 is 12.1. The van der Waals surface area contributed by atoms with Gasteiger partial charge in [-0.15, -0.1) is 0 Å². The van der Waals surface area contributed by atoms with Crippen LogP contribution in [0.4, 0.5) is 11.4 Å². The van der Waals surface area contributed by atoms with E-state index in [0.29, 0.717) is 15.7 Å². The highest BCUT2D eigenvalue weighted by molar-refractivity contribution is 6.35. The molecule has 1 atom stereocenters. The Morgan fingerprint density at radius 1 is 1.12 bits per heavy atom. The van der Waals surface area contributed by atoms with E-state index in [9.17, 15) is 4.79 Å². The largest absolute Gasteiger partial charge is 0.360 e. The number of piperazine rings is 1. The molecule has 2 N–H and O–H groups in total. The minimum absolute atomic E-state index is 0.0349. The molecule has 1 heterocycles. The van der Waals surface area contributed by atoms with Crippen molar-refractivity contribution in [2.24, 2.45) is 0 Å². The molecule has 2 aromatic rings. The Morgan fingerprint density at radius 2 is 1.80 bits per heavy atom. The summed E-state index contributed by atoms with van der Waals surface area (Å²) in [7, 11) is 0. The normalized spacial score (nSPS) is 16.5. The summed E-state index contributed by atoms with van der Waals surface area (Å²) in [5.41, 5.74) is 1.80. The van der Waals surface area contributed by atoms with E-state index in [1.54, 1.807) is 18.2 Å². The summed E-state index contributed by atoms with van der Waals surface area (Å²) in [6, 6.07) is 15.3. The van der Waals surface area contributed by atoms with Gasteiger partial charge in [0.25, 0.3) is 5.91 Å². The second-order valence-corrected chi connectivity index (χ2v) is 7.16. The second kappa shape index (κ2) is 8.09. The van der Waals surface area contributed by atoms with Gasteiger partial charge in [-0.1, -0.05) is 41.4 Å². The Balaban J connectivity index is 1.57. The van der Waals surface area contributed by atoms with Crippen molar-refractivity contribution in [2.45, 2.75) is 13.0 Å². The molecule has 0 radical (unpaired) electrons. The fourth-order valence-corrected chi connectivity index (χ4v) is 3.48. The minimum Gasteiger partial charge on any atom is -0.360 e. The number of anilines is 2. The van der Waals surface area contributed by atoms with E-state index >= 15 is 0 Å². The predicted octanol–water partition coefficient (Wildman–Crippen LogP) is 2.73. The van der Waals surface area contributed by atoms with Gasteiger partial charge in [-0.3, -0.25) is 4.79 Å². The summed E-state index contributed by atoms with van der Waals surface area (Å²) in [6.45, 7) is 5.69. The Hall–Kier alpha value is -1.75. The number of nitrogens with zero attached hydrogens (tertiary/aromatic N) is 1. The molecule has 4 nitrogen and oxygen atoms in total. The van der Waals surface area contributed by atoms with Crippen LogP contribution in [0.2, 0.25) is 10.0 Å². The first-order chi connectivity index (χ1) is 12.0. The fourth-order valence-electron chi connectivity index (χ4n) is 3.14. The van der Waals surface area contributed by atoms with Gasteiger partial charge in [0.15, 0.2) is 6.04 Å². The zero-order valence-corrected chi connectivity index (χ0v) is 15.6. The number of carbonyl (C=O) groups excluding carboxylic acids is 1. The summed E-state index contributed by atoms with van der Waals surface area (Å²) in [4.78, 5) is 16.2. The number of halogens is 2. The van der Waals surface area contributed by atoms with E-state index < -0.39 is 0 Å². The van der Waals surface area contributed by atoms with Gasteiger partial charge in [0.2, 0.25) is 0 Å². The molecule has 0 unspecified atom stereocenters. The SMILES string of the molecule is C[C@@H](C(=O)Nc1cc(Cl)ccc1Cl)[NH+]1CCN(c2ccccc2)CC1. The van der Waals surface area contributed by atoms with Gasteiger partial charge in [0.1, 0.15) is 0 Å². The molecule has 3 rings (SSSR count). The van der Waals surface area contributed by atoms with E-state index in [2.05, 4.69) is 34.5 Å². The van der Waals surface area contributed by atoms with Crippen molar-refractivity contribution in [3.63, 3.8) is 0 Å². The van der Waals surface area contributed by atoms with Gasteiger partial charge in [-0.25, -0.2) is 0 Å². The number of amides is 1. The van der Waals surface area contributed by atoms with Crippen molar-refractivity contribution in [1.82, 2.24) is 0 Å².